The van der Waals surface area contributed by atoms with E-state index in [1.807, 2.05) is 0 Å². The molecule has 2 N–H and O–H groups in total. The number of hydrogen-bond acceptors (Lipinski definition) is 1. The molecule has 0 aromatic heterocycles. The smallest absolute Gasteiger partial charge is 0.00929 e. The van der Waals surface area contributed by atoms with Gasteiger partial charge < -0.3 is 5.73 Å². The van der Waals surface area contributed by atoms with Crippen LogP contribution in [0.15, 0.2) is 0 Å². The highest BCUT2D eigenvalue weighted by atomic mass is 14.7. The van der Waals surface area contributed by atoms with E-state index in [4.69, 9.17) is 5.73 Å². The molecule has 0 aromatic rings. The highest BCUT2D eigenvalue weighted by Gasteiger charge is 2.32. The van der Waals surface area contributed by atoms with Crippen molar-refractivity contribution in [1.29, 1.82) is 0 Å². The lowest BCUT2D eigenvalue weighted by atomic mass is 9.80. The van der Waals surface area contributed by atoms with Crippen molar-refractivity contribution in [3.8, 4) is 0 Å². The van der Waals surface area contributed by atoms with Gasteiger partial charge in [0, 0.05) is 6.04 Å². The normalized spacial score (nSPS) is 42.2. The van der Waals surface area contributed by atoms with Crippen LogP contribution >= 0.6 is 0 Å². The zero-order chi connectivity index (χ0) is 9.35. The van der Waals surface area contributed by atoms with E-state index < -0.39 is 0 Å². The van der Waals surface area contributed by atoms with E-state index in [2.05, 4.69) is 27.7 Å². The molecule has 0 aliphatic heterocycles. The number of nitrogens with two attached hydrogens (primary N) is 1. The zero-order valence-electron chi connectivity index (χ0n) is 8.93. The van der Waals surface area contributed by atoms with E-state index in [0.717, 1.165) is 11.8 Å². The second-order valence-electron chi connectivity index (χ2n) is 5.32. The summed E-state index contributed by atoms with van der Waals surface area (Å²) in [5, 5.41) is 0. The minimum Gasteiger partial charge on any atom is -0.327 e. The minimum atomic E-state index is 0.360. The molecule has 1 aliphatic carbocycles. The summed E-state index contributed by atoms with van der Waals surface area (Å²) in [4.78, 5) is 0. The van der Waals surface area contributed by atoms with Gasteiger partial charge in [-0.05, 0) is 36.5 Å². The first-order valence-electron chi connectivity index (χ1n) is 5.19. The maximum absolute atomic E-state index is 6.17. The molecule has 1 rings (SSSR count). The predicted octanol–water partition coefficient (Wildman–Crippen LogP) is 2.80. The van der Waals surface area contributed by atoms with Gasteiger partial charge in [-0.1, -0.05) is 27.7 Å². The Morgan fingerprint density at radius 1 is 1.17 bits per heavy atom. The van der Waals surface area contributed by atoms with Gasteiger partial charge in [0.25, 0.3) is 0 Å². The Morgan fingerprint density at radius 3 is 2.33 bits per heavy atom. The highest BCUT2D eigenvalue weighted by molar-refractivity contribution is 4.87. The summed E-state index contributed by atoms with van der Waals surface area (Å²) in [7, 11) is 0. The average Bonchev–Trinajstić information content (AvgIpc) is 2.05. The van der Waals surface area contributed by atoms with E-state index >= 15 is 0 Å². The third-order valence-corrected chi connectivity index (χ3v) is 3.84. The first-order valence-corrected chi connectivity index (χ1v) is 5.19. The van der Waals surface area contributed by atoms with Crippen LogP contribution in [0.5, 0.6) is 0 Å². The molecule has 0 amide bonds. The number of hydrogen-bond donors (Lipinski definition) is 1. The average molecular weight is 169 g/mol. The molecule has 0 aromatic carbocycles. The van der Waals surface area contributed by atoms with Gasteiger partial charge in [0.1, 0.15) is 0 Å². The predicted molar refractivity (Wildman–Crippen MR) is 53.9 cm³/mol. The van der Waals surface area contributed by atoms with E-state index in [1.165, 1.54) is 19.3 Å². The van der Waals surface area contributed by atoms with E-state index in [9.17, 15) is 0 Å². The van der Waals surface area contributed by atoms with Crippen molar-refractivity contribution < 1.29 is 0 Å². The molecule has 0 bridgehead atoms. The van der Waals surface area contributed by atoms with Gasteiger partial charge in [0.05, 0.1) is 0 Å². The van der Waals surface area contributed by atoms with Crippen LogP contribution in [-0.4, -0.2) is 6.04 Å². The first-order chi connectivity index (χ1) is 5.43. The molecular weight excluding hydrogens is 146 g/mol. The van der Waals surface area contributed by atoms with Crippen LogP contribution in [-0.2, 0) is 0 Å². The molecule has 72 valence electrons. The Hall–Kier alpha value is -0.0400. The van der Waals surface area contributed by atoms with Crippen LogP contribution in [0, 0.1) is 17.3 Å². The second-order valence-corrected chi connectivity index (χ2v) is 5.32. The van der Waals surface area contributed by atoms with Gasteiger partial charge in [-0.2, -0.15) is 0 Å². The lowest BCUT2D eigenvalue weighted by Crippen LogP contribution is -2.37. The van der Waals surface area contributed by atoms with Gasteiger partial charge >= 0.3 is 0 Å². The van der Waals surface area contributed by atoms with Crippen molar-refractivity contribution in [1.82, 2.24) is 0 Å². The Kier molecular flexibility index (Phi) is 2.82. The zero-order valence-corrected chi connectivity index (χ0v) is 8.93. The fraction of sp³-hybridized carbons (Fsp3) is 1.00. The lowest BCUT2D eigenvalue weighted by Gasteiger charge is -2.29. The van der Waals surface area contributed by atoms with Crippen LogP contribution in [0.2, 0.25) is 0 Å². The van der Waals surface area contributed by atoms with Crippen molar-refractivity contribution in [3.63, 3.8) is 0 Å². The molecule has 0 heterocycles. The summed E-state index contributed by atoms with van der Waals surface area (Å²) in [5.41, 5.74) is 6.53. The second kappa shape index (κ2) is 3.37. The number of rotatable bonds is 0. The third kappa shape index (κ3) is 2.01. The standard InChI is InChI=1S/C11H23N/c1-8-5-6-11(3,4)10(12)7-9(8)2/h8-10H,5-7,12H2,1-4H3. The summed E-state index contributed by atoms with van der Waals surface area (Å²) in [6, 6.07) is 0.400. The summed E-state index contributed by atoms with van der Waals surface area (Å²) in [6.45, 7) is 9.32. The molecule has 0 spiro atoms. The first kappa shape index (κ1) is 10.0. The molecular formula is C11H23N. The Bertz CT molecular complexity index is 151. The summed E-state index contributed by atoms with van der Waals surface area (Å²) in [6.07, 6.45) is 3.84. The van der Waals surface area contributed by atoms with Crippen molar-refractivity contribution in [2.45, 2.75) is 53.0 Å². The Morgan fingerprint density at radius 2 is 1.75 bits per heavy atom. The maximum atomic E-state index is 6.17. The molecule has 1 nitrogen and oxygen atoms in total. The van der Waals surface area contributed by atoms with Gasteiger partial charge in [0.2, 0.25) is 0 Å². The largest absolute Gasteiger partial charge is 0.327 e. The van der Waals surface area contributed by atoms with Crippen LogP contribution < -0.4 is 5.73 Å². The summed E-state index contributed by atoms with van der Waals surface area (Å²) < 4.78 is 0. The Balaban J connectivity index is 2.66. The van der Waals surface area contributed by atoms with E-state index in [0.29, 0.717) is 11.5 Å². The van der Waals surface area contributed by atoms with Crippen LogP contribution in [0.25, 0.3) is 0 Å². The van der Waals surface area contributed by atoms with Gasteiger partial charge in [-0.15, -0.1) is 0 Å². The molecule has 0 saturated heterocycles. The summed E-state index contributed by atoms with van der Waals surface area (Å²) >= 11 is 0. The quantitative estimate of drug-likeness (QED) is 0.554. The highest BCUT2D eigenvalue weighted by Crippen LogP contribution is 2.37. The summed E-state index contributed by atoms with van der Waals surface area (Å²) in [5.74, 6) is 1.67. The van der Waals surface area contributed by atoms with E-state index in [1.54, 1.807) is 0 Å². The van der Waals surface area contributed by atoms with Crippen LogP contribution in [0.1, 0.15) is 47.0 Å². The fourth-order valence-corrected chi connectivity index (χ4v) is 2.02. The third-order valence-electron chi connectivity index (χ3n) is 3.84. The fourth-order valence-electron chi connectivity index (χ4n) is 2.02. The van der Waals surface area contributed by atoms with Crippen LogP contribution in [0.3, 0.4) is 0 Å². The van der Waals surface area contributed by atoms with Crippen molar-refractivity contribution >= 4 is 0 Å². The molecule has 0 radical (unpaired) electrons. The molecule has 12 heavy (non-hydrogen) atoms. The molecule has 1 saturated carbocycles. The monoisotopic (exact) mass is 169 g/mol. The van der Waals surface area contributed by atoms with Crippen molar-refractivity contribution in [2.24, 2.45) is 23.0 Å². The lowest BCUT2D eigenvalue weighted by molar-refractivity contribution is 0.259. The van der Waals surface area contributed by atoms with Gasteiger partial charge in [0.15, 0.2) is 0 Å². The van der Waals surface area contributed by atoms with Crippen LogP contribution in [0.4, 0.5) is 0 Å². The molecule has 1 heteroatoms. The van der Waals surface area contributed by atoms with Crippen molar-refractivity contribution in [2.75, 3.05) is 0 Å². The Labute approximate surface area is 76.7 Å². The topological polar surface area (TPSA) is 26.0 Å². The van der Waals surface area contributed by atoms with Crippen molar-refractivity contribution in [3.05, 3.63) is 0 Å². The SMILES string of the molecule is CC1CCC(C)(C)C(N)CC1C. The van der Waals surface area contributed by atoms with Gasteiger partial charge in [-0.25, -0.2) is 0 Å². The molecule has 3 atom stereocenters. The van der Waals surface area contributed by atoms with E-state index in [-0.39, 0.29) is 0 Å². The van der Waals surface area contributed by atoms with Gasteiger partial charge in [-0.3, -0.25) is 0 Å². The molecule has 1 fully saturated rings. The molecule has 3 unspecified atom stereocenters. The maximum Gasteiger partial charge on any atom is 0.00929 e. The minimum absolute atomic E-state index is 0.360. The molecule has 1 aliphatic rings.